The lowest BCUT2D eigenvalue weighted by atomic mass is 9.99. The number of amides is 2. The molecule has 10 heteroatoms. The number of hydrogen-bond donors (Lipinski definition) is 1. The minimum atomic E-state index is -1.15. The van der Waals surface area contributed by atoms with Crippen molar-refractivity contribution in [3.05, 3.63) is 70.3 Å². The Balaban J connectivity index is 1.53. The topological polar surface area (TPSA) is 131 Å². The van der Waals surface area contributed by atoms with Crippen LogP contribution in [0.3, 0.4) is 0 Å². The van der Waals surface area contributed by atoms with Crippen LogP contribution >= 0.6 is 0 Å². The second kappa shape index (κ2) is 7.15. The molecule has 2 aliphatic heterocycles. The van der Waals surface area contributed by atoms with Crippen LogP contribution in [-0.2, 0) is 25.7 Å². The normalized spacial score (nSPS) is 20.1. The lowest BCUT2D eigenvalue weighted by molar-refractivity contribution is -0.384. The van der Waals surface area contributed by atoms with E-state index in [-0.39, 0.29) is 23.7 Å². The van der Waals surface area contributed by atoms with Gasteiger partial charge in [0.2, 0.25) is 5.91 Å². The van der Waals surface area contributed by atoms with Crippen molar-refractivity contribution < 1.29 is 24.0 Å². The predicted molar refractivity (Wildman–Crippen MR) is 99.7 cm³/mol. The number of ether oxygens (including phenoxy) is 1. The molecule has 0 spiro atoms. The van der Waals surface area contributed by atoms with Gasteiger partial charge in [-0.2, -0.15) is 5.10 Å². The molecule has 2 aromatic carbocycles. The predicted octanol–water partition coefficient (Wildman–Crippen LogP) is 1.16. The summed E-state index contributed by atoms with van der Waals surface area (Å²) in [6.45, 7) is -0.00713. The Bertz CT molecular complexity index is 1050. The van der Waals surface area contributed by atoms with Crippen molar-refractivity contribution in [2.75, 3.05) is 4.90 Å². The quantitative estimate of drug-likeness (QED) is 0.348. The maximum Gasteiger partial charge on any atom is 0.355 e. The molecule has 10 nitrogen and oxygen atoms in total. The number of nitro benzene ring substituents is 1. The first kappa shape index (κ1) is 18.3. The highest BCUT2D eigenvalue weighted by atomic mass is 16.6. The highest BCUT2D eigenvalue weighted by Crippen LogP contribution is 2.32. The van der Waals surface area contributed by atoms with Crippen molar-refractivity contribution in [3.8, 4) is 0 Å². The Morgan fingerprint density at radius 2 is 1.90 bits per heavy atom. The minimum absolute atomic E-state index is 0.00713. The Labute approximate surface area is 163 Å². The molecule has 0 aliphatic carbocycles. The molecule has 2 aromatic rings. The number of nitrogens with zero attached hydrogens (tertiary/aromatic N) is 3. The van der Waals surface area contributed by atoms with Gasteiger partial charge in [-0.05, 0) is 11.6 Å². The SMILES string of the molecule is O=C(OCc1ccccc1)C1=NN[C@H]2C(=O)N(c3cccc([N+](=O)[O-])c3)C(=O)[C@@H]12. The fourth-order valence-corrected chi connectivity index (χ4v) is 3.25. The van der Waals surface area contributed by atoms with Crippen LogP contribution in [0.2, 0.25) is 0 Å². The van der Waals surface area contributed by atoms with E-state index in [0.717, 1.165) is 16.5 Å². The summed E-state index contributed by atoms with van der Waals surface area (Å²) in [5, 5.41) is 14.8. The van der Waals surface area contributed by atoms with Crippen molar-refractivity contribution in [1.29, 1.82) is 0 Å². The molecular formula is C19H14N4O6. The van der Waals surface area contributed by atoms with Crippen LogP contribution in [0, 0.1) is 16.0 Å². The summed E-state index contributed by atoms with van der Waals surface area (Å²) in [5.41, 5.74) is 2.87. The first-order valence-electron chi connectivity index (χ1n) is 8.64. The van der Waals surface area contributed by atoms with E-state index in [1.165, 1.54) is 18.2 Å². The third-order valence-corrected chi connectivity index (χ3v) is 4.65. The second-order valence-electron chi connectivity index (χ2n) is 6.43. The molecule has 2 heterocycles. The molecule has 146 valence electrons. The molecule has 1 saturated heterocycles. The lowest BCUT2D eigenvalue weighted by Gasteiger charge is -2.15. The van der Waals surface area contributed by atoms with Crippen LogP contribution in [0.5, 0.6) is 0 Å². The van der Waals surface area contributed by atoms with Crippen LogP contribution in [-0.4, -0.2) is 34.5 Å². The van der Waals surface area contributed by atoms with Crippen LogP contribution in [0.1, 0.15) is 5.56 Å². The van der Waals surface area contributed by atoms with E-state index >= 15 is 0 Å². The number of esters is 1. The number of hydrogen-bond acceptors (Lipinski definition) is 8. The van der Waals surface area contributed by atoms with E-state index in [1.54, 1.807) is 24.3 Å². The van der Waals surface area contributed by atoms with E-state index in [4.69, 9.17) is 4.74 Å². The number of anilines is 1. The minimum Gasteiger partial charge on any atom is -0.456 e. The molecule has 1 N–H and O–H groups in total. The molecule has 0 unspecified atom stereocenters. The van der Waals surface area contributed by atoms with Crippen LogP contribution in [0.25, 0.3) is 0 Å². The van der Waals surface area contributed by atoms with E-state index in [2.05, 4.69) is 10.5 Å². The zero-order valence-corrected chi connectivity index (χ0v) is 14.8. The third-order valence-electron chi connectivity index (χ3n) is 4.65. The number of carbonyl (C=O) groups is 3. The average molecular weight is 394 g/mol. The third kappa shape index (κ3) is 3.20. The van der Waals surface area contributed by atoms with Crippen molar-refractivity contribution in [3.63, 3.8) is 0 Å². The van der Waals surface area contributed by atoms with Crippen molar-refractivity contribution >= 4 is 34.9 Å². The zero-order chi connectivity index (χ0) is 20.5. The summed E-state index contributed by atoms with van der Waals surface area (Å²) in [6, 6.07) is 13.1. The molecule has 1 fully saturated rings. The Kier molecular flexibility index (Phi) is 4.51. The van der Waals surface area contributed by atoms with Gasteiger partial charge in [0.25, 0.3) is 11.6 Å². The summed E-state index contributed by atoms with van der Waals surface area (Å²) in [7, 11) is 0. The summed E-state index contributed by atoms with van der Waals surface area (Å²) >= 11 is 0. The van der Waals surface area contributed by atoms with Gasteiger partial charge in [-0.1, -0.05) is 36.4 Å². The summed E-state index contributed by atoms with van der Waals surface area (Å²) < 4.78 is 5.21. The molecule has 0 radical (unpaired) electrons. The first-order valence-corrected chi connectivity index (χ1v) is 8.64. The lowest BCUT2D eigenvalue weighted by Crippen LogP contribution is -2.36. The van der Waals surface area contributed by atoms with Gasteiger partial charge in [-0.15, -0.1) is 0 Å². The van der Waals surface area contributed by atoms with Gasteiger partial charge in [0.05, 0.1) is 10.6 Å². The highest BCUT2D eigenvalue weighted by molar-refractivity contribution is 6.46. The maximum absolute atomic E-state index is 12.9. The monoisotopic (exact) mass is 394 g/mol. The fraction of sp³-hybridized carbons (Fsp3) is 0.158. The number of rotatable bonds is 5. The summed E-state index contributed by atoms with van der Waals surface area (Å²) in [6.07, 6.45) is 0. The number of nitro groups is 1. The zero-order valence-electron chi connectivity index (χ0n) is 14.8. The van der Waals surface area contributed by atoms with Gasteiger partial charge < -0.3 is 4.74 Å². The van der Waals surface area contributed by atoms with Crippen LogP contribution in [0.15, 0.2) is 59.7 Å². The Morgan fingerprint density at radius 1 is 1.14 bits per heavy atom. The first-order chi connectivity index (χ1) is 14.0. The number of fused-ring (bicyclic) bond motifs is 1. The fourth-order valence-electron chi connectivity index (χ4n) is 3.25. The van der Waals surface area contributed by atoms with E-state index in [9.17, 15) is 24.5 Å². The number of hydrazone groups is 1. The van der Waals surface area contributed by atoms with E-state index < -0.39 is 34.7 Å². The van der Waals surface area contributed by atoms with Gasteiger partial charge >= 0.3 is 5.97 Å². The van der Waals surface area contributed by atoms with Gasteiger partial charge in [0.1, 0.15) is 18.6 Å². The Morgan fingerprint density at radius 3 is 2.62 bits per heavy atom. The van der Waals surface area contributed by atoms with Crippen molar-refractivity contribution in [2.45, 2.75) is 12.6 Å². The van der Waals surface area contributed by atoms with E-state index in [0.29, 0.717) is 0 Å². The number of imide groups is 1. The van der Waals surface area contributed by atoms with Crippen molar-refractivity contribution in [1.82, 2.24) is 5.43 Å². The number of carbonyl (C=O) groups excluding carboxylic acids is 3. The van der Waals surface area contributed by atoms with Gasteiger partial charge in [-0.25, -0.2) is 9.69 Å². The molecule has 2 amide bonds. The summed E-state index contributed by atoms with van der Waals surface area (Å²) in [5.74, 6) is -3.29. The average Bonchev–Trinajstić information content (AvgIpc) is 3.27. The Hall–Kier alpha value is -4.08. The molecule has 0 aromatic heterocycles. The molecule has 2 atom stereocenters. The van der Waals surface area contributed by atoms with Gasteiger partial charge in [0, 0.05) is 12.1 Å². The molecule has 4 rings (SSSR count). The highest BCUT2D eigenvalue weighted by Gasteiger charge is 2.55. The number of nitrogens with one attached hydrogen (secondary N) is 1. The number of benzene rings is 2. The summed E-state index contributed by atoms with van der Waals surface area (Å²) in [4.78, 5) is 49.2. The smallest absolute Gasteiger partial charge is 0.355 e. The second-order valence-corrected chi connectivity index (χ2v) is 6.43. The molecular weight excluding hydrogens is 380 g/mol. The molecule has 2 aliphatic rings. The van der Waals surface area contributed by atoms with Gasteiger partial charge in [0.15, 0.2) is 5.71 Å². The number of non-ortho nitro benzene ring substituents is 1. The molecule has 0 saturated carbocycles. The van der Waals surface area contributed by atoms with Gasteiger partial charge in [-0.3, -0.25) is 25.1 Å². The van der Waals surface area contributed by atoms with Crippen molar-refractivity contribution in [2.24, 2.45) is 11.0 Å². The standard InChI is InChI=1S/C19H14N4O6/c24-17-14-15(18(25)22(17)12-7-4-8-13(9-12)23(27)28)20-21-16(14)19(26)29-10-11-5-2-1-3-6-11/h1-9,14-15,20H,10H2/t14-,15-/m1/s1. The van der Waals surface area contributed by atoms with E-state index in [1.807, 2.05) is 6.07 Å². The maximum atomic E-state index is 12.9. The molecule has 0 bridgehead atoms. The van der Waals surface area contributed by atoms with Crippen LogP contribution < -0.4 is 10.3 Å². The largest absolute Gasteiger partial charge is 0.456 e. The molecule has 29 heavy (non-hydrogen) atoms. The van der Waals surface area contributed by atoms with Crippen LogP contribution in [0.4, 0.5) is 11.4 Å².